The van der Waals surface area contributed by atoms with Crippen LogP contribution >= 0.6 is 34.0 Å². The number of fused-ring (bicyclic) bond motifs is 9. The summed E-state index contributed by atoms with van der Waals surface area (Å²) in [6.07, 6.45) is 0. The highest BCUT2D eigenvalue weighted by Crippen LogP contribution is 2.49. The van der Waals surface area contributed by atoms with Crippen LogP contribution in [-0.2, 0) is 0 Å². The Morgan fingerprint density at radius 1 is 0.316 bits per heavy atom. The molecule has 0 spiro atoms. The van der Waals surface area contributed by atoms with E-state index in [2.05, 4.69) is 15.0 Å². The van der Waals surface area contributed by atoms with Crippen molar-refractivity contribution in [2.75, 3.05) is 0 Å². The van der Waals surface area contributed by atoms with Gasteiger partial charge in [0.15, 0.2) is 17.5 Å². The third-order valence-electron chi connectivity index (χ3n) is 8.94. The van der Waals surface area contributed by atoms with Crippen molar-refractivity contribution in [3.63, 3.8) is 0 Å². The lowest BCUT2D eigenvalue weighted by molar-refractivity contribution is 1.08. The first-order valence-corrected chi connectivity index (χ1v) is 19.0. The van der Waals surface area contributed by atoms with Crippen molar-refractivity contribution < 1.29 is 39.8 Å². The van der Waals surface area contributed by atoms with E-state index in [1.54, 1.807) is 0 Å². The van der Waals surface area contributed by atoms with E-state index in [1.807, 2.05) is 0 Å². The fourth-order valence-corrected chi connectivity index (χ4v) is 9.76. The number of benzene rings is 8. The van der Waals surface area contributed by atoms with Gasteiger partial charge in [-0.15, -0.1) is 34.0 Å². The van der Waals surface area contributed by atoms with Crippen LogP contribution in [0.2, 0.25) is 0 Å². The van der Waals surface area contributed by atoms with Crippen LogP contribution in [0.15, 0.2) is 175 Å². The van der Waals surface area contributed by atoms with E-state index in [4.69, 9.17) is 26.0 Å². The van der Waals surface area contributed by atoms with Gasteiger partial charge in [-0.1, -0.05) is 139 Å². The molecule has 0 fully saturated rings. The highest BCUT2D eigenvalue weighted by atomic mass is 32.1. The molecule has 4 heterocycles. The number of aromatic nitrogens is 3. The minimum atomic E-state index is -0.895. The molecule has 12 aromatic rings. The van der Waals surface area contributed by atoms with Gasteiger partial charge in [-0.05, 0) is 58.5 Å². The molecule has 3 nitrogen and oxygen atoms in total. The third kappa shape index (κ3) is 5.26. The van der Waals surface area contributed by atoms with Gasteiger partial charge in [0.2, 0.25) is 0 Å². The normalized spacial score (nSPS) is 19.0. The molecule has 0 radical (unpaired) electrons. The highest BCUT2D eigenvalue weighted by Gasteiger charge is 2.21. The first-order chi connectivity index (χ1) is 40.3. The smallest absolute Gasteiger partial charge is 0.165 e. The van der Waals surface area contributed by atoms with Crippen molar-refractivity contribution in [1.82, 2.24) is 15.0 Å². The standard InChI is InChI=1S/C51H29N3S3/c1-3-14-30(15-4-1)49-52-50(31-16-5-2-6-17-31)54-51(53-49)39-24-12-23-36-35-22-11-20-33(47(35)57-48(36)39)32-28-40(46-38-19-8-10-26-42(38)56-44(46)29-32)34-21-13-27-43-45(34)37-18-7-9-25-41(37)55-43/h1-29H/i1D,2D,3D,4D,5D,6D,7D,8D,9D,10D,11D,12D,13D,14D,15D,16D,17D,18D,19D,20D,21D,22D,23D,24D,25D,26D,27D,28D,29D. The van der Waals surface area contributed by atoms with Crippen molar-refractivity contribution in [3.8, 4) is 56.4 Å². The van der Waals surface area contributed by atoms with Crippen molar-refractivity contribution in [2.24, 2.45) is 0 Å². The predicted octanol–water partition coefficient (Wildman–Crippen LogP) is 15.3. The van der Waals surface area contributed by atoms with Gasteiger partial charge >= 0.3 is 0 Å². The molecule has 0 aliphatic rings. The summed E-state index contributed by atoms with van der Waals surface area (Å²) in [6, 6.07) is -22.5. The van der Waals surface area contributed by atoms with E-state index in [9.17, 15) is 13.7 Å². The topological polar surface area (TPSA) is 38.7 Å². The minimum Gasteiger partial charge on any atom is -0.208 e. The van der Waals surface area contributed by atoms with Gasteiger partial charge in [-0.3, -0.25) is 0 Å². The zero-order chi connectivity index (χ0) is 62.7. The van der Waals surface area contributed by atoms with Crippen LogP contribution < -0.4 is 0 Å². The molecule has 0 saturated heterocycles. The van der Waals surface area contributed by atoms with Crippen LogP contribution in [0.1, 0.15) is 39.8 Å². The number of hydrogen-bond acceptors (Lipinski definition) is 6. The van der Waals surface area contributed by atoms with Crippen LogP contribution in [0.25, 0.3) is 117 Å². The second kappa shape index (κ2) is 13.0. The largest absolute Gasteiger partial charge is 0.208 e. The molecule has 0 N–H and O–H groups in total. The van der Waals surface area contributed by atoms with Crippen LogP contribution in [0.5, 0.6) is 0 Å². The summed E-state index contributed by atoms with van der Waals surface area (Å²) >= 11 is 1.89. The molecule has 0 atom stereocenters. The summed E-state index contributed by atoms with van der Waals surface area (Å²) in [7, 11) is 0. The zero-order valence-corrected chi connectivity index (χ0v) is 30.5. The Morgan fingerprint density at radius 3 is 1.46 bits per heavy atom. The molecular weight excluding hydrogens is 751 g/mol. The summed E-state index contributed by atoms with van der Waals surface area (Å²) in [5.41, 5.74) is -3.93. The van der Waals surface area contributed by atoms with Gasteiger partial charge in [0.05, 0.1) is 39.8 Å². The maximum Gasteiger partial charge on any atom is 0.165 e. The Hall–Kier alpha value is -6.57. The quantitative estimate of drug-likeness (QED) is 0.174. The van der Waals surface area contributed by atoms with E-state index in [1.165, 1.54) is 0 Å². The van der Waals surface area contributed by atoms with Gasteiger partial charge < -0.3 is 0 Å². The van der Waals surface area contributed by atoms with Crippen molar-refractivity contribution in [2.45, 2.75) is 0 Å². The Labute approximate surface area is 380 Å². The molecule has 0 saturated carbocycles. The average Bonchev–Trinajstić information content (AvgIpc) is 1.53. The number of thiophene rings is 3. The van der Waals surface area contributed by atoms with Gasteiger partial charge in [-0.2, -0.15) is 0 Å². The molecule has 0 aliphatic heterocycles. The zero-order valence-electron chi connectivity index (χ0n) is 57.1. The molecule has 0 unspecified atom stereocenters. The summed E-state index contributed by atoms with van der Waals surface area (Å²) in [5, 5.41) is -1.79. The fourth-order valence-electron chi connectivity index (χ4n) is 6.56. The molecule has 0 aliphatic carbocycles. The van der Waals surface area contributed by atoms with Gasteiger partial charge in [0.1, 0.15) is 0 Å². The second-order valence-electron chi connectivity index (χ2n) is 12.1. The van der Waals surface area contributed by atoms with Gasteiger partial charge in [0, 0.05) is 77.2 Å². The fraction of sp³-hybridized carbons (Fsp3) is 0. The Morgan fingerprint density at radius 2 is 0.789 bits per heavy atom. The molecule has 4 aromatic heterocycles. The van der Waals surface area contributed by atoms with Gasteiger partial charge in [0.25, 0.3) is 0 Å². The minimum absolute atomic E-state index is 0.114. The number of rotatable bonds is 5. The lowest BCUT2D eigenvalue weighted by Gasteiger charge is -2.12. The van der Waals surface area contributed by atoms with Crippen molar-refractivity contribution in [1.29, 1.82) is 0 Å². The molecular formula is C51H29N3S3. The molecule has 12 rings (SSSR count). The second-order valence-corrected chi connectivity index (χ2v) is 15.1. The Balaban J connectivity index is 1.29. The van der Waals surface area contributed by atoms with E-state index in [0.29, 0.717) is 34.0 Å². The Kier molecular flexibility index (Phi) is 3.44. The van der Waals surface area contributed by atoms with Crippen LogP contribution in [0.4, 0.5) is 0 Å². The summed E-state index contributed by atoms with van der Waals surface area (Å²) in [6.45, 7) is 0. The van der Waals surface area contributed by atoms with E-state index in [-0.39, 0.29) is 49.7 Å². The van der Waals surface area contributed by atoms with E-state index >= 15 is 0 Å². The predicted molar refractivity (Wildman–Crippen MR) is 246 cm³/mol. The summed E-state index contributed by atoms with van der Waals surface area (Å²) in [5.74, 6) is -2.25. The SMILES string of the molecule is [2H]c1c([2H])c([2H])c(-c2nc(-c3c([2H])c([2H])c([2H])c([2H])c3[2H])nc(-c3c([2H])c([2H])c([2H])c4c3sc3c(-c5c([2H])c(-c6c([2H])c([2H])c([2H])c7sc8c([2H])c([2H])c([2H])c([2H])c8c67)c6c(sc7c([2H])c([2H])c([2H])c([2H])c76)c5[2H])c([2H])c([2H])c([2H])c34)n2)c([2H])c1[2H]. The lowest BCUT2D eigenvalue weighted by atomic mass is 9.92. The molecule has 0 amide bonds. The third-order valence-corrected chi connectivity index (χ3v) is 12.2. The first-order valence-electron chi connectivity index (χ1n) is 31.1. The molecule has 0 bridgehead atoms. The molecule has 266 valence electrons. The molecule has 6 heteroatoms. The van der Waals surface area contributed by atoms with E-state index in [0.717, 1.165) is 0 Å². The van der Waals surface area contributed by atoms with Crippen molar-refractivity contribution >= 4 is 94.5 Å². The van der Waals surface area contributed by atoms with E-state index < -0.39 is 242 Å². The number of nitrogens with zero attached hydrogens (tertiary/aromatic N) is 3. The first kappa shape index (κ1) is 15.1. The maximum absolute atomic E-state index is 10.4. The lowest BCUT2D eigenvalue weighted by Crippen LogP contribution is -2.00. The monoisotopic (exact) mass is 808 g/mol. The maximum atomic E-state index is 10.4. The van der Waals surface area contributed by atoms with Crippen LogP contribution in [0, 0.1) is 0 Å². The van der Waals surface area contributed by atoms with Crippen LogP contribution in [-0.4, -0.2) is 15.0 Å². The van der Waals surface area contributed by atoms with Crippen molar-refractivity contribution in [3.05, 3.63) is 175 Å². The summed E-state index contributed by atoms with van der Waals surface area (Å²) in [4.78, 5) is 13.2. The molecule has 8 aromatic carbocycles. The Bertz CT molecular complexity index is 5100. The van der Waals surface area contributed by atoms with Crippen LogP contribution in [0.3, 0.4) is 0 Å². The molecule has 57 heavy (non-hydrogen) atoms. The highest BCUT2D eigenvalue weighted by molar-refractivity contribution is 7.27. The van der Waals surface area contributed by atoms with Gasteiger partial charge in [-0.25, -0.2) is 15.0 Å². The number of hydrogen-bond donors (Lipinski definition) is 0. The summed E-state index contributed by atoms with van der Waals surface area (Å²) < 4.78 is 260. The average molecular weight is 809 g/mol.